The van der Waals surface area contributed by atoms with Crippen molar-refractivity contribution in [1.29, 1.82) is 0 Å². The highest BCUT2D eigenvalue weighted by atomic mass is 19.1. The van der Waals surface area contributed by atoms with Crippen LogP contribution < -0.4 is 10.6 Å². The summed E-state index contributed by atoms with van der Waals surface area (Å²) in [6.07, 6.45) is 2.03. The van der Waals surface area contributed by atoms with Gasteiger partial charge in [-0.2, -0.15) is 0 Å². The van der Waals surface area contributed by atoms with Crippen LogP contribution in [0.2, 0.25) is 0 Å². The Kier molecular flexibility index (Phi) is 4.77. The third-order valence-electron chi connectivity index (χ3n) is 7.09. The highest BCUT2D eigenvalue weighted by molar-refractivity contribution is 5.99. The van der Waals surface area contributed by atoms with E-state index in [-0.39, 0.29) is 11.1 Å². The van der Waals surface area contributed by atoms with Crippen molar-refractivity contribution < 1.29 is 9.18 Å². The van der Waals surface area contributed by atoms with Gasteiger partial charge in [-0.1, -0.05) is 30.3 Å². The van der Waals surface area contributed by atoms with Crippen molar-refractivity contribution in [2.75, 3.05) is 38.1 Å². The maximum Gasteiger partial charge on any atom is 0.268 e. The summed E-state index contributed by atoms with van der Waals surface area (Å²) in [5.74, 6) is -1.22. The predicted octanol–water partition coefficient (Wildman–Crippen LogP) is 3.67. The molecule has 1 saturated heterocycles. The molecule has 0 unspecified atom stereocenters. The van der Waals surface area contributed by atoms with Gasteiger partial charge in [-0.05, 0) is 50.1 Å². The molecule has 6 heteroatoms. The van der Waals surface area contributed by atoms with Crippen molar-refractivity contribution in [3.05, 3.63) is 65.1 Å². The number of carbonyl (C=O) groups excluding carboxylic acids is 1. The van der Waals surface area contributed by atoms with Gasteiger partial charge in [0.15, 0.2) is 5.82 Å². The van der Waals surface area contributed by atoms with Crippen molar-refractivity contribution in [2.45, 2.75) is 31.7 Å². The van der Waals surface area contributed by atoms with Gasteiger partial charge in [-0.25, -0.2) is 4.39 Å². The molecule has 5 rings (SSSR count). The molecule has 3 aromatic rings. The number of fused-ring (bicyclic) bond motifs is 1. The minimum absolute atomic E-state index is 0.00680. The maximum atomic E-state index is 15.2. The van der Waals surface area contributed by atoms with Crippen LogP contribution in [-0.2, 0) is 12.0 Å². The Morgan fingerprint density at radius 1 is 1.06 bits per heavy atom. The minimum Gasteiger partial charge on any atom is -0.369 e. The molecule has 0 radical (unpaired) electrons. The Morgan fingerprint density at radius 2 is 1.77 bits per heavy atom. The van der Waals surface area contributed by atoms with Crippen LogP contribution in [0.3, 0.4) is 0 Å². The van der Waals surface area contributed by atoms with Crippen molar-refractivity contribution in [3.8, 4) is 0 Å². The number of nitrogens with two attached hydrogens (primary N) is 1. The number of nitrogens with zero attached hydrogens (tertiary/aromatic N) is 3. The number of hydrogen-bond acceptors (Lipinski definition) is 3. The van der Waals surface area contributed by atoms with E-state index < -0.39 is 11.7 Å². The summed E-state index contributed by atoms with van der Waals surface area (Å²) in [5.41, 5.74) is 9.83. The molecule has 2 aromatic carbocycles. The van der Waals surface area contributed by atoms with E-state index in [4.69, 9.17) is 5.73 Å². The average Bonchev–Trinajstić information content (AvgIpc) is 3.48. The van der Waals surface area contributed by atoms with Crippen LogP contribution in [0, 0.1) is 12.7 Å². The normalized spacial score (nSPS) is 18.5. The largest absolute Gasteiger partial charge is 0.369 e. The first-order valence-electron chi connectivity index (χ1n) is 11.0. The van der Waals surface area contributed by atoms with E-state index in [9.17, 15) is 4.79 Å². The highest BCUT2D eigenvalue weighted by Crippen LogP contribution is 2.53. The number of amides is 1. The molecule has 1 aliphatic carbocycles. The summed E-state index contributed by atoms with van der Waals surface area (Å²) in [4.78, 5) is 17.1. The van der Waals surface area contributed by atoms with E-state index in [0.29, 0.717) is 11.9 Å². The zero-order valence-corrected chi connectivity index (χ0v) is 18.2. The fourth-order valence-corrected chi connectivity index (χ4v) is 5.16. The zero-order chi connectivity index (χ0) is 21.8. The van der Waals surface area contributed by atoms with E-state index in [2.05, 4.69) is 41.1 Å². The van der Waals surface area contributed by atoms with Gasteiger partial charge in [0.05, 0.1) is 5.52 Å². The van der Waals surface area contributed by atoms with Gasteiger partial charge < -0.3 is 20.1 Å². The quantitative estimate of drug-likeness (QED) is 0.685. The Balaban J connectivity index is 1.59. The molecule has 5 nitrogen and oxygen atoms in total. The van der Waals surface area contributed by atoms with Gasteiger partial charge in [-0.3, -0.25) is 4.79 Å². The second-order valence-corrected chi connectivity index (χ2v) is 9.17. The number of hydrogen-bond donors (Lipinski definition) is 1. The number of piperazine rings is 1. The Morgan fingerprint density at radius 3 is 2.45 bits per heavy atom. The average molecular weight is 421 g/mol. The first-order valence-corrected chi connectivity index (χ1v) is 11.0. The number of anilines is 1. The van der Waals surface area contributed by atoms with Gasteiger partial charge in [0.25, 0.3) is 5.91 Å². The molecule has 1 amide bonds. The number of halogens is 1. The molecule has 1 aliphatic heterocycles. The summed E-state index contributed by atoms with van der Waals surface area (Å²) < 4.78 is 17.0. The molecule has 0 atom stereocenters. The number of benzene rings is 2. The Hall–Kier alpha value is -2.86. The topological polar surface area (TPSA) is 54.5 Å². The predicted molar refractivity (Wildman–Crippen MR) is 122 cm³/mol. The molecule has 31 heavy (non-hydrogen) atoms. The smallest absolute Gasteiger partial charge is 0.268 e. The molecule has 2 heterocycles. The van der Waals surface area contributed by atoms with Crippen LogP contribution in [0.1, 0.15) is 34.5 Å². The molecule has 2 N–H and O–H groups in total. The summed E-state index contributed by atoms with van der Waals surface area (Å²) in [7, 11) is 2.16. The Bertz CT molecular complexity index is 1160. The van der Waals surface area contributed by atoms with Crippen LogP contribution in [0.25, 0.3) is 10.9 Å². The Labute approximate surface area is 182 Å². The molecule has 1 aromatic heterocycles. The zero-order valence-electron chi connectivity index (χ0n) is 18.2. The lowest BCUT2D eigenvalue weighted by Crippen LogP contribution is -2.45. The fraction of sp³-hybridized carbons (Fsp3) is 0.400. The van der Waals surface area contributed by atoms with E-state index >= 15 is 4.39 Å². The first-order chi connectivity index (χ1) is 14.9. The first kappa shape index (κ1) is 20.1. The van der Waals surface area contributed by atoms with Gasteiger partial charge >= 0.3 is 0 Å². The molecule has 0 spiro atoms. The van der Waals surface area contributed by atoms with Gasteiger partial charge in [-0.15, -0.1) is 0 Å². The highest BCUT2D eigenvalue weighted by Gasteiger charge is 2.47. The number of rotatable bonds is 5. The molecule has 2 fully saturated rings. The molecule has 0 bridgehead atoms. The third-order valence-corrected chi connectivity index (χ3v) is 7.09. The second kappa shape index (κ2) is 7.38. The lowest BCUT2D eigenvalue weighted by atomic mass is 9.92. The summed E-state index contributed by atoms with van der Waals surface area (Å²) in [5, 5.41) is 0.469. The molecule has 2 aliphatic rings. The van der Waals surface area contributed by atoms with Crippen molar-refractivity contribution in [2.24, 2.45) is 5.73 Å². The second-order valence-electron chi connectivity index (χ2n) is 9.17. The standard InChI is InChI=1S/C25H29FN4O/c1-17-6-5-7-18-21(26)23(24(27)31)30(22(17)18)16-25(10-11-25)19-8-3-4-9-20(19)29-14-12-28(2)13-15-29/h3-9H,10-16H2,1-2H3,(H2,27,31). The number of carbonyl (C=O) groups is 1. The summed E-state index contributed by atoms with van der Waals surface area (Å²) >= 11 is 0. The summed E-state index contributed by atoms with van der Waals surface area (Å²) in [6, 6.07) is 14.1. The van der Waals surface area contributed by atoms with Crippen LogP contribution >= 0.6 is 0 Å². The number of para-hydroxylation sites is 2. The lowest BCUT2D eigenvalue weighted by Gasteiger charge is -2.36. The number of aromatic nitrogens is 1. The van der Waals surface area contributed by atoms with Crippen LogP contribution in [0.4, 0.5) is 10.1 Å². The van der Waals surface area contributed by atoms with Crippen molar-refractivity contribution in [3.63, 3.8) is 0 Å². The van der Waals surface area contributed by atoms with Gasteiger partial charge in [0, 0.05) is 49.2 Å². The number of primary amides is 1. The van der Waals surface area contributed by atoms with E-state index in [1.54, 1.807) is 6.07 Å². The monoisotopic (exact) mass is 420 g/mol. The van der Waals surface area contributed by atoms with Crippen LogP contribution in [-0.4, -0.2) is 48.6 Å². The molecule has 1 saturated carbocycles. The van der Waals surface area contributed by atoms with Gasteiger partial charge in [0.2, 0.25) is 0 Å². The van der Waals surface area contributed by atoms with E-state index in [1.165, 1.54) is 11.3 Å². The fourth-order valence-electron chi connectivity index (χ4n) is 5.16. The molecular formula is C25H29FN4O. The number of likely N-dealkylation sites (N-methyl/N-ethyl adjacent to an activating group) is 1. The SMILES string of the molecule is Cc1cccc2c(F)c(C(N)=O)n(CC3(c4ccccc4N4CCN(C)CC4)CC3)c12. The van der Waals surface area contributed by atoms with E-state index in [0.717, 1.165) is 50.1 Å². The minimum atomic E-state index is -0.712. The number of aryl methyl sites for hydroxylation is 1. The van der Waals surface area contributed by atoms with Crippen molar-refractivity contribution >= 4 is 22.5 Å². The molecular weight excluding hydrogens is 391 g/mol. The van der Waals surface area contributed by atoms with Crippen LogP contribution in [0.15, 0.2) is 42.5 Å². The summed E-state index contributed by atoms with van der Waals surface area (Å²) in [6.45, 7) is 6.59. The third kappa shape index (κ3) is 3.30. The van der Waals surface area contributed by atoms with Gasteiger partial charge in [0.1, 0.15) is 5.69 Å². The lowest BCUT2D eigenvalue weighted by molar-refractivity contribution is 0.0987. The van der Waals surface area contributed by atoms with E-state index in [1.807, 2.05) is 23.6 Å². The van der Waals surface area contributed by atoms with Crippen LogP contribution in [0.5, 0.6) is 0 Å². The maximum absolute atomic E-state index is 15.2. The van der Waals surface area contributed by atoms with Crippen molar-refractivity contribution in [1.82, 2.24) is 9.47 Å². The molecule has 162 valence electrons.